The van der Waals surface area contributed by atoms with Crippen molar-refractivity contribution in [3.05, 3.63) is 48.4 Å². The van der Waals surface area contributed by atoms with Gasteiger partial charge in [0.2, 0.25) is 11.8 Å². The fourth-order valence-electron chi connectivity index (χ4n) is 2.65. The van der Waals surface area contributed by atoms with Crippen molar-refractivity contribution in [2.24, 2.45) is 0 Å². The summed E-state index contributed by atoms with van der Waals surface area (Å²) in [4.78, 5) is 17.9. The van der Waals surface area contributed by atoms with Gasteiger partial charge in [-0.1, -0.05) is 6.07 Å². The molecule has 2 aromatic heterocycles. The number of rotatable bonds is 4. The predicted octanol–water partition coefficient (Wildman–Crippen LogP) is 2.03. The van der Waals surface area contributed by atoms with Crippen molar-refractivity contribution in [3.8, 4) is 5.88 Å². The van der Waals surface area contributed by atoms with E-state index >= 15 is 0 Å². The van der Waals surface area contributed by atoms with E-state index in [-0.39, 0.29) is 18.4 Å². The van der Waals surface area contributed by atoms with Crippen LogP contribution in [0.5, 0.6) is 5.88 Å². The Morgan fingerprint density at radius 3 is 3.00 bits per heavy atom. The maximum Gasteiger partial charge on any atom is 0.225 e. The molecular weight excluding hydrogens is 285 g/mol. The van der Waals surface area contributed by atoms with Crippen LogP contribution in [0, 0.1) is 0 Å². The number of alkyl halides is 1. The number of aromatic nitrogens is 2. The normalized spacial score (nSPS) is 17.7. The van der Waals surface area contributed by atoms with Gasteiger partial charge in [0.25, 0.3) is 0 Å². The van der Waals surface area contributed by atoms with Gasteiger partial charge >= 0.3 is 0 Å². The van der Waals surface area contributed by atoms with Gasteiger partial charge in [-0.15, -0.1) is 0 Å². The zero-order chi connectivity index (χ0) is 15.4. The summed E-state index contributed by atoms with van der Waals surface area (Å²) in [5, 5.41) is 0. The molecule has 3 heterocycles. The summed E-state index contributed by atoms with van der Waals surface area (Å²) in [7, 11) is 0. The molecule has 0 spiro atoms. The average molecular weight is 303 g/mol. The highest BCUT2D eigenvalue weighted by atomic mass is 19.1. The lowest BCUT2D eigenvalue weighted by Gasteiger charge is -2.24. The number of fused-ring (bicyclic) bond motifs is 1. The zero-order valence-corrected chi connectivity index (χ0v) is 12.2. The molecule has 6 heteroatoms. The lowest BCUT2D eigenvalue weighted by molar-refractivity contribution is -0.133. The van der Waals surface area contributed by atoms with Crippen molar-refractivity contribution in [2.45, 2.75) is 25.6 Å². The van der Waals surface area contributed by atoms with Crippen molar-refractivity contribution in [3.63, 3.8) is 0 Å². The van der Waals surface area contributed by atoms with E-state index in [2.05, 4.69) is 9.55 Å². The van der Waals surface area contributed by atoms with Gasteiger partial charge in [-0.3, -0.25) is 9.18 Å². The molecule has 0 aromatic carbocycles. The van der Waals surface area contributed by atoms with Crippen LogP contribution in [0.1, 0.15) is 12.1 Å². The van der Waals surface area contributed by atoms with Gasteiger partial charge in [-0.2, -0.15) is 0 Å². The van der Waals surface area contributed by atoms with E-state index in [4.69, 9.17) is 4.74 Å². The number of nitrogens with zero attached hydrogens (tertiary/aromatic N) is 3. The van der Waals surface area contributed by atoms with Crippen molar-refractivity contribution in [1.82, 2.24) is 14.5 Å². The Balaban J connectivity index is 1.79. The second-order valence-corrected chi connectivity index (χ2v) is 5.27. The van der Waals surface area contributed by atoms with Crippen LogP contribution in [-0.2, 0) is 17.9 Å². The molecule has 22 heavy (non-hydrogen) atoms. The molecular formula is C16H18FN3O2. The van der Waals surface area contributed by atoms with E-state index < -0.39 is 6.67 Å². The van der Waals surface area contributed by atoms with Crippen LogP contribution in [0.15, 0.2) is 42.7 Å². The fraction of sp³-hybridized carbons (Fsp3) is 0.375. The smallest absolute Gasteiger partial charge is 0.225 e. The minimum atomic E-state index is -0.637. The third kappa shape index (κ3) is 3.27. The molecule has 1 unspecified atom stereocenters. The van der Waals surface area contributed by atoms with Gasteiger partial charge in [-0.05, 0) is 18.2 Å². The number of carbonyl (C=O) groups is 1. The highest BCUT2D eigenvalue weighted by molar-refractivity contribution is 5.76. The molecule has 1 aliphatic heterocycles. The Morgan fingerprint density at radius 2 is 2.23 bits per heavy atom. The molecule has 5 nitrogen and oxygen atoms in total. The standard InChI is InChI=1S/C16H18FN3O2/c17-7-6-16(21)20-10-13-4-3-9-19(13)11-14(12-20)22-15-5-1-2-8-18-15/h1-5,8-9,14H,6-7,10-12H2. The van der Waals surface area contributed by atoms with Gasteiger partial charge in [-0.25, -0.2) is 4.98 Å². The monoisotopic (exact) mass is 303 g/mol. The van der Waals surface area contributed by atoms with Crippen molar-refractivity contribution >= 4 is 5.91 Å². The van der Waals surface area contributed by atoms with Crippen LogP contribution in [0.2, 0.25) is 0 Å². The number of ether oxygens (including phenoxy) is 1. The van der Waals surface area contributed by atoms with Gasteiger partial charge in [0.05, 0.1) is 32.7 Å². The second kappa shape index (κ2) is 6.60. The van der Waals surface area contributed by atoms with Crippen molar-refractivity contribution in [1.29, 1.82) is 0 Å². The molecule has 116 valence electrons. The van der Waals surface area contributed by atoms with E-state index in [0.717, 1.165) is 5.69 Å². The van der Waals surface area contributed by atoms with Crippen LogP contribution in [0.25, 0.3) is 0 Å². The van der Waals surface area contributed by atoms with E-state index in [0.29, 0.717) is 25.5 Å². The first-order chi connectivity index (χ1) is 10.8. The van der Waals surface area contributed by atoms with Crippen molar-refractivity contribution < 1.29 is 13.9 Å². The Kier molecular flexibility index (Phi) is 4.37. The highest BCUT2D eigenvalue weighted by Crippen LogP contribution is 2.18. The van der Waals surface area contributed by atoms with Gasteiger partial charge in [0.15, 0.2) is 0 Å². The summed E-state index contributed by atoms with van der Waals surface area (Å²) in [5.41, 5.74) is 1.03. The average Bonchev–Trinajstić information content (AvgIpc) is 2.87. The third-order valence-corrected chi connectivity index (χ3v) is 3.69. The Hall–Kier alpha value is -2.37. The maximum atomic E-state index is 12.5. The lowest BCUT2D eigenvalue weighted by Crippen LogP contribution is -2.38. The van der Waals surface area contributed by atoms with E-state index in [1.54, 1.807) is 17.2 Å². The summed E-state index contributed by atoms with van der Waals surface area (Å²) >= 11 is 0. The highest BCUT2D eigenvalue weighted by Gasteiger charge is 2.26. The summed E-state index contributed by atoms with van der Waals surface area (Å²) in [6.45, 7) is 0.908. The number of amides is 1. The van der Waals surface area contributed by atoms with Gasteiger partial charge in [0, 0.05) is 24.2 Å². The fourth-order valence-corrected chi connectivity index (χ4v) is 2.65. The largest absolute Gasteiger partial charge is 0.471 e. The molecule has 1 aliphatic rings. The molecule has 2 aromatic rings. The van der Waals surface area contributed by atoms with Crippen LogP contribution in [0.3, 0.4) is 0 Å². The number of halogens is 1. The molecule has 0 saturated carbocycles. The number of hydrogen-bond acceptors (Lipinski definition) is 3. The molecule has 0 fully saturated rings. The van der Waals surface area contributed by atoms with Crippen LogP contribution < -0.4 is 4.74 Å². The number of hydrogen-bond donors (Lipinski definition) is 0. The van der Waals surface area contributed by atoms with Gasteiger partial charge < -0.3 is 14.2 Å². The Labute approximate surface area is 128 Å². The molecule has 0 aliphatic carbocycles. The maximum absolute atomic E-state index is 12.5. The second-order valence-electron chi connectivity index (χ2n) is 5.27. The molecule has 3 rings (SSSR count). The van der Waals surface area contributed by atoms with E-state index in [1.807, 2.05) is 30.5 Å². The molecule has 0 radical (unpaired) electrons. The molecule has 0 bridgehead atoms. The summed E-state index contributed by atoms with van der Waals surface area (Å²) in [5.74, 6) is 0.341. The van der Waals surface area contributed by atoms with Crippen LogP contribution >= 0.6 is 0 Å². The first-order valence-electron chi connectivity index (χ1n) is 7.31. The Morgan fingerprint density at radius 1 is 1.32 bits per heavy atom. The van der Waals surface area contributed by atoms with Crippen molar-refractivity contribution in [2.75, 3.05) is 13.2 Å². The minimum absolute atomic E-state index is 0.0863. The Bertz CT molecular complexity index is 629. The summed E-state index contributed by atoms with van der Waals surface area (Å²) < 4.78 is 20.5. The quantitative estimate of drug-likeness (QED) is 0.868. The predicted molar refractivity (Wildman–Crippen MR) is 79.1 cm³/mol. The summed E-state index contributed by atoms with van der Waals surface area (Å²) in [6, 6.07) is 9.37. The number of pyridine rings is 1. The lowest BCUT2D eigenvalue weighted by atomic mass is 10.3. The zero-order valence-electron chi connectivity index (χ0n) is 12.2. The SMILES string of the molecule is O=C(CCF)N1Cc2cccn2CC(Oc2ccccn2)C1. The number of carbonyl (C=O) groups excluding carboxylic acids is 1. The molecule has 1 atom stereocenters. The van der Waals surface area contributed by atoms with Crippen LogP contribution in [-0.4, -0.2) is 39.7 Å². The topological polar surface area (TPSA) is 47.4 Å². The third-order valence-electron chi connectivity index (χ3n) is 3.69. The minimum Gasteiger partial charge on any atom is -0.471 e. The van der Waals surface area contributed by atoms with Crippen LogP contribution in [0.4, 0.5) is 4.39 Å². The molecule has 0 N–H and O–H groups in total. The first-order valence-corrected chi connectivity index (χ1v) is 7.31. The van der Waals surface area contributed by atoms with Gasteiger partial charge in [0.1, 0.15) is 6.10 Å². The van der Waals surface area contributed by atoms with E-state index in [1.165, 1.54) is 0 Å². The van der Waals surface area contributed by atoms with E-state index in [9.17, 15) is 9.18 Å². The summed E-state index contributed by atoms with van der Waals surface area (Å²) in [6.07, 6.45) is 3.33. The molecule has 0 saturated heterocycles. The molecule has 1 amide bonds. The first kappa shape index (κ1) is 14.6.